The lowest BCUT2D eigenvalue weighted by Crippen LogP contribution is -2.13. The maximum atomic E-state index is 12.2. The summed E-state index contributed by atoms with van der Waals surface area (Å²) in [5, 5.41) is 21.9. The molecular formula is C18H15IN2O3. The molecule has 0 saturated heterocycles. The van der Waals surface area contributed by atoms with Crippen LogP contribution < -0.4 is 10.1 Å². The number of ether oxygens (including phenoxy) is 1. The lowest BCUT2D eigenvalue weighted by Gasteiger charge is -2.09. The molecule has 122 valence electrons. The Kier molecular flexibility index (Phi) is 6.21. The van der Waals surface area contributed by atoms with Gasteiger partial charge in [0.1, 0.15) is 11.6 Å². The molecule has 2 aromatic carbocycles. The van der Waals surface area contributed by atoms with E-state index < -0.39 is 5.91 Å². The number of benzene rings is 2. The van der Waals surface area contributed by atoms with E-state index in [0.29, 0.717) is 27.2 Å². The van der Waals surface area contributed by atoms with Crippen LogP contribution in [0.3, 0.4) is 0 Å². The Bertz CT molecular complexity index is 811. The van der Waals surface area contributed by atoms with Crippen LogP contribution >= 0.6 is 22.6 Å². The molecule has 24 heavy (non-hydrogen) atoms. The van der Waals surface area contributed by atoms with Crippen LogP contribution in [0.2, 0.25) is 0 Å². The number of nitriles is 1. The van der Waals surface area contributed by atoms with Crippen LogP contribution in [0, 0.1) is 14.9 Å². The van der Waals surface area contributed by atoms with E-state index in [4.69, 9.17) is 4.74 Å². The van der Waals surface area contributed by atoms with Crippen molar-refractivity contribution in [2.75, 3.05) is 11.9 Å². The fraction of sp³-hybridized carbons (Fsp3) is 0.111. The Morgan fingerprint density at radius 3 is 2.71 bits per heavy atom. The summed E-state index contributed by atoms with van der Waals surface area (Å²) < 4.78 is 5.94. The Morgan fingerprint density at radius 1 is 1.38 bits per heavy atom. The lowest BCUT2D eigenvalue weighted by atomic mass is 10.1. The molecule has 1 amide bonds. The molecule has 0 saturated carbocycles. The third kappa shape index (κ3) is 4.49. The highest BCUT2D eigenvalue weighted by Crippen LogP contribution is 2.33. The first-order valence-corrected chi connectivity index (χ1v) is 8.26. The van der Waals surface area contributed by atoms with Crippen molar-refractivity contribution in [1.29, 1.82) is 5.26 Å². The number of nitrogens with one attached hydrogen (secondary N) is 1. The Hall–Kier alpha value is -2.53. The fourth-order valence-electron chi connectivity index (χ4n) is 1.98. The Labute approximate surface area is 153 Å². The summed E-state index contributed by atoms with van der Waals surface area (Å²) in [6.45, 7) is 2.21. The molecule has 0 atom stereocenters. The molecule has 0 fully saturated rings. The Balaban J connectivity index is 2.30. The summed E-state index contributed by atoms with van der Waals surface area (Å²) in [5.41, 5.74) is 1.17. The molecule has 2 N–H and O–H groups in total. The quantitative estimate of drug-likeness (QED) is 0.425. The van der Waals surface area contributed by atoms with E-state index in [1.807, 2.05) is 41.7 Å². The van der Waals surface area contributed by atoms with Crippen LogP contribution in [-0.4, -0.2) is 17.6 Å². The molecule has 6 heteroatoms. The summed E-state index contributed by atoms with van der Waals surface area (Å²) in [6.07, 6.45) is 1.46. The second kappa shape index (κ2) is 8.36. The van der Waals surface area contributed by atoms with Gasteiger partial charge in [0.25, 0.3) is 5.91 Å². The van der Waals surface area contributed by atoms with Crippen molar-refractivity contribution in [3.63, 3.8) is 0 Å². The maximum absolute atomic E-state index is 12.2. The summed E-state index contributed by atoms with van der Waals surface area (Å²) in [7, 11) is 0. The average molecular weight is 434 g/mol. The number of amides is 1. The number of hydrogen-bond acceptors (Lipinski definition) is 4. The maximum Gasteiger partial charge on any atom is 0.266 e. The molecular weight excluding hydrogens is 419 g/mol. The number of carbonyl (C=O) groups is 1. The predicted octanol–water partition coefficient (Wildman–Crippen LogP) is 3.94. The fourth-order valence-corrected chi connectivity index (χ4v) is 2.60. The zero-order valence-corrected chi connectivity index (χ0v) is 15.1. The van der Waals surface area contributed by atoms with E-state index in [-0.39, 0.29) is 11.3 Å². The van der Waals surface area contributed by atoms with Crippen LogP contribution in [0.5, 0.6) is 11.5 Å². The third-order valence-electron chi connectivity index (χ3n) is 3.06. The van der Waals surface area contributed by atoms with Crippen molar-refractivity contribution in [2.24, 2.45) is 0 Å². The van der Waals surface area contributed by atoms with Crippen LogP contribution in [0.4, 0.5) is 5.69 Å². The van der Waals surface area contributed by atoms with Gasteiger partial charge in [-0.1, -0.05) is 18.2 Å². The number of hydrogen-bond donors (Lipinski definition) is 2. The molecule has 0 aliphatic rings. The second-order valence-corrected chi connectivity index (χ2v) is 5.93. The Morgan fingerprint density at radius 2 is 2.08 bits per heavy atom. The molecule has 0 unspecified atom stereocenters. The number of phenolic OH excluding ortho intramolecular Hbond substituents is 1. The normalized spacial score (nSPS) is 10.8. The van der Waals surface area contributed by atoms with Gasteiger partial charge in [-0.05, 0) is 65.4 Å². The number of phenols is 1. The van der Waals surface area contributed by atoms with Gasteiger partial charge in [0.15, 0.2) is 11.5 Å². The zero-order valence-electron chi connectivity index (χ0n) is 12.9. The number of nitrogens with zero attached hydrogens (tertiary/aromatic N) is 1. The van der Waals surface area contributed by atoms with Crippen LogP contribution in [0.15, 0.2) is 48.0 Å². The average Bonchev–Trinajstić information content (AvgIpc) is 2.58. The number of anilines is 1. The van der Waals surface area contributed by atoms with Gasteiger partial charge in [0.05, 0.1) is 10.2 Å². The molecule has 2 aromatic rings. The number of rotatable bonds is 5. The molecule has 5 nitrogen and oxygen atoms in total. The summed E-state index contributed by atoms with van der Waals surface area (Å²) in [5.74, 6) is -0.136. The van der Waals surface area contributed by atoms with Gasteiger partial charge in [0, 0.05) is 5.69 Å². The van der Waals surface area contributed by atoms with Gasteiger partial charge in [-0.3, -0.25) is 4.79 Å². The molecule has 0 aliphatic heterocycles. The second-order valence-electron chi connectivity index (χ2n) is 4.77. The number of halogens is 1. The first-order chi connectivity index (χ1) is 11.5. The van der Waals surface area contributed by atoms with Gasteiger partial charge in [-0.2, -0.15) is 5.26 Å². The molecule has 0 radical (unpaired) electrons. The third-order valence-corrected chi connectivity index (χ3v) is 3.88. The van der Waals surface area contributed by atoms with E-state index in [1.54, 1.807) is 36.4 Å². The van der Waals surface area contributed by atoms with E-state index in [2.05, 4.69) is 5.32 Å². The highest BCUT2D eigenvalue weighted by Gasteiger charge is 2.12. The number of para-hydroxylation sites is 1. The highest BCUT2D eigenvalue weighted by atomic mass is 127. The number of carbonyl (C=O) groups excluding carboxylic acids is 1. The van der Waals surface area contributed by atoms with E-state index >= 15 is 0 Å². The molecule has 2 rings (SSSR count). The molecule has 0 aliphatic carbocycles. The van der Waals surface area contributed by atoms with Crippen molar-refractivity contribution >= 4 is 40.3 Å². The molecule has 0 heterocycles. The van der Waals surface area contributed by atoms with Crippen molar-refractivity contribution in [2.45, 2.75) is 6.92 Å². The monoisotopic (exact) mass is 434 g/mol. The van der Waals surface area contributed by atoms with E-state index in [1.165, 1.54) is 6.08 Å². The molecule has 0 bridgehead atoms. The molecule has 0 aromatic heterocycles. The minimum absolute atomic E-state index is 0.0391. The lowest BCUT2D eigenvalue weighted by molar-refractivity contribution is -0.112. The van der Waals surface area contributed by atoms with Crippen molar-refractivity contribution in [3.05, 3.63) is 57.2 Å². The minimum Gasteiger partial charge on any atom is -0.504 e. The summed E-state index contributed by atoms with van der Waals surface area (Å²) in [4.78, 5) is 12.2. The van der Waals surface area contributed by atoms with Crippen molar-refractivity contribution in [3.8, 4) is 17.6 Å². The van der Waals surface area contributed by atoms with Gasteiger partial charge in [-0.25, -0.2) is 0 Å². The number of aromatic hydroxyl groups is 1. The van der Waals surface area contributed by atoms with Crippen molar-refractivity contribution < 1.29 is 14.6 Å². The van der Waals surface area contributed by atoms with Gasteiger partial charge in [0.2, 0.25) is 0 Å². The summed E-state index contributed by atoms with van der Waals surface area (Å²) in [6, 6.07) is 14.1. The summed E-state index contributed by atoms with van der Waals surface area (Å²) >= 11 is 1.97. The first kappa shape index (κ1) is 17.8. The van der Waals surface area contributed by atoms with Crippen LogP contribution in [0.25, 0.3) is 6.08 Å². The van der Waals surface area contributed by atoms with E-state index in [0.717, 1.165) is 0 Å². The topological polar surface area (TPSA) is 82.3 Å². The van der Waals surface area contributed by atoms with Crippen molar-refractivity contribution in [1.82, 2.24) is 0 Å². The smallest absolute Gasteiger partial charge is 0.266 e. The largest absolute Gasteiger partial charge is 0.504 e. The van der Waals surface area contributed by atoms with Crippen LogP contribution in [-0.2, 0) is 4.79 Å². The SMILES string of the molecule is CCOc1cc(C=C(C#N)C(=O)Nc2ccccc2)cc(I)c1O. The standard InChI is InChI=1S/C18H15IN2O3/c1-2-24-16-10-12(9-15(19)17(16)22)8-13(11-20)18(23)21-14-6-4-3-5-7-14/h3-10,22H,2H2,1H3,(H,21,23). The first-order valence-electron chi connectivity index (χ1n) is 7.18. The highest BCUT2D eigenvalue weighted by molar-refractivity contribution is 14.1. The molecule has 0 spiro atoms. The van der Waals surface area contributed by atoms with Crippen LogP contribution in [0.1, 0.15) is 12.5 Å². The van der Waals surface area contributed by atoms with Gasteiger partial charge in [-0.15, -0.1) is 0 Å². The zero-order chi connectivity index (χ0) is 17.5. The van der Waals surface area contributed by atoms with Gasteiger partial charge >= 0.3 is 0 Å². The van der Waals surface area contributed by atoms with E-state index in [9.17, 15) is 15.2 Å². The minimum atomic E-state index is -0.496. The van der Waals surface area contributed by atoms with Gasteiger partial charge < -0.3 is 15.2 Å². The predicted molar refractivity (Wildman–Crippen MR) is 101 cm³/mol.